The Bertz CT molecular complexity index is 509. The van der Waals surface area contributed by atoms with Crippen molar-refractivity contribution in [3.8, 4) is 0 Å². The van der Waals surface area contributed by atoms with Gasteiger partial charge in [0.15, 0.2) is 6.23 Å². The lowest BCUT2D eigenvalue weighted by atomic mass is 10.1. The molecule has 2 rings (SSSR count). The van der Waals surface area contributed by atoms with Gasteiger partial charge < -0.3 is 14.9 Å². The maximum absolute atomic E-state index is 11.6. The molecule has 0 amide bonds. The maximum Gasteiger partial charge on any atom is 0.330 e. The van der Waals surface area contributed by atoms with E-state index in [4.69, 9.17) is 9.84 Å². The first-order valence-corrected chi connectivity index (χ1v) is 5.87. The maximum atomic E-state index is 11.6. The number of aliphatic hydroxyl groups excluding tert-OH is 2. The van der Waals surface area contributed by atoms with E-state index in [0.717, 1.165) is 4.57 Å². The zero-order chi connectivity index (χ0) is 13.1. The standard InChI is InChI=1S/C11H16N2O5/c14-6-7-2-1-3-8(15)10(18-7)13-5-4-9(16)12-11(13)17/h4-5,7-8,10,14-15H,1-3,6H2,(H,12,16,17)/t7-,8-,10-/m1/s1. The van der Waals surface area contributed by atoms with Gasteiger partial charge in [0.1, 0.15) is 0 Å². The summed E-state index contributed by atoms with van der Waals surface area (Å²) in [5.41, 5.74) is -1.14. The molecule has 3 atom stereocenters. The summed E-state index contributed by atoms with van der Waals surface area (Å²) in [5, 5.41) is 19.1. The van der Waals surface area contributed by atoms with E-state index in [9.17, 15) is 14.7 Å². The fourth-order valence-electron chi connectivity index (χ4n) is 2.07. The molecular formula is C11H16N2O5. The number of nitrogens with one attached hydrogen (secondary N) is 1. The van der Waals surface area contributed by atoms with Crippen molar-refractivity contribution in [2.24, 2.45) is 0 Å². The van der Waals surface area contributed by atoms with Crippen molar-refractivity contribution in [2.75, 3.05) is 6.61 Å². The highest BCUT2D eigenvalue weighted by Gasteiger charge is 2.29. The number of hydrogen-bond acceptors (Lipinski definition) is 5. The van der Waals surface area contributed by atoms with Gasteiger partial charge in [-0.25, -0.2) is 4.79 Å². The van der Waals surface area contributed by atoms with Gasteiger partial charge in [0.25, 0.3) is 5.56 Å². The fraction of sp³-hybridized carbons (Fsp3) is 0.636. The topological polar surface area (TPSA) is 105 Å². The third-order valence-electron chi connectivity index (χ3n) is 3.02. The fourth-order valence-corrected chi connectivity index (χ4v) is 2.07. The van der Waals surface area contributed by atoms with E-state index in [-0.39, 0.29) is 6.61 Å². The van der Waals surface area contributed by atoms with E-state index in [2.05, 4.69) is 4.98 Å². The van der Waals surface area contributed by atoms with Gasteiger partial charge in [-0.2, -0.15) is 0 Å². The van der Waals surface area contributed by atoms with Gasteiger partial charge in [-0.3, -0.25) is 14.3 Å². The molecule has 1 aliphatic rings. The summed E-state index contributed by atoms with van der Waals surface area (Å²) in [6.07, 6.45) is 0.968. The molecule has 7 heteroatoms. The first-order valence-electron chi connectivity index (χ1n) is 5.87. The van der Waals surface area contributed by atoms with Crippen LogP contribution in [-0.2, 0) is 4.74 Å². The normalized spacial score (nSPS) is 28.9. The molecule has 0 radical (unpaired) electrons. The van der Waals surface area contributed by atoms with Crippen molar-refractivity contribution >= 4 is 0 Å². The Morgan fingerprint density at radius 3 is 2.89 bits per heavy atom. The number of nitrogens with zero attached hydrogens (tertiary/aromatic N) is 1. The monoisotopic (exact) mass is 256 g/mol. The van der Waals surface area contributed by atoms with Crippen molar-refractivity contribution in [1.82, 2.24) is 9.55 Å². The number of aliphatic hydroxyl groups is 2. The Kier molecular flexibility index (Phi) is 3.95. The lowest BCUT2D eigenvalue weighted by Crippen LogP contribution is -2.38. The molecule has 1 aliphatic heterocycles. The smallest absolute Gasteiger partial charge is 0.330 e. The molecule has 100 valence electrons. The molecule has 2 heterocycles. The quantitative estimate of drug-likeness (QED) is 0.626. The minimum Gasteiger partial charge on any atom is -0.394 e. The molecule has 1 aromatic rings. The minimum absolute atomic E-state index is 0.165. The van der Waals surface area contributed by atoms with E-state index in [0.29, 0.717) is 19.3 Å². The van der Waals surface area contributed by atoms with Gasteiger partial charge in [-0.05, 0) is 19.3 Å². The number of aromatic nitrogens is 2. The number of ether oxygens (including phenoxy) is 1. The van der Waals surface area contributed by atoms with E-state index < -0.39 is 29.7 Å². The van der Waals surface area contributed by atoms with Gasteiger partial charge in [-0.1, -0.05) is 0 Å². The van der Waals surface area contributed by atoms with Crippen LogP contribution in [0.15, 0.2) is 21.9 Å². The van der Waals surface area contributed by atoms with Crippen LogP contribution < -0.4 is 11.2 Å². The van der Waals surface area contributed by atoms with Crippen molar-refractivity contribution < 1.29 is 14.9 Å². The van der Waals surface area contributed by atoms with Crippen LogP contribution >= 0.6 is 0 Å². The average molecular weight is 256 g/mol. The molecule has 0 bridgehead atoms. The van der Waals surface area contributed by atoms with Gasteiger partial charge >= 0.3 is 5.69 Å². The highest BCUT2D eigenvalue weighted by Crippen LogP contribution is 2.24. The third kappa shape index (κ3) is 2.69. The number of rotatable bonds is 2. The number of H-pyrrole nitrogens is 1. The third-order valence-corrected chi connectivity index (χ3v) is 3.02. The first kappa shape index (κ1) is 13.0. The molecule has 7 nitrogen and oxygen atoms in total. The second kappa shape index (κ2) is 5.47. The molecule has 1 saturated heterocycles. The first-order chi connectivity index (χ1) is 8.61. The van der Waals surface area contributed by atoms with Gasteiger partial charge in [-0.15, -0.1) is 0 Å². The zero-order valence-corrected chi connectivity index (χ0v) is 9.78. The van der Waals surface area contributed by atoms with Crippen molar-refractivity contribution in [3.05, 3.63) is 33.1 Å². The molecule has 0 aliphatic carbocycles. The van der Waals surface area contributed by atoms with Crippen LogP contribution in [0, 0.1) is 0 Å². The van der Waals surface area contributed by atoms with Gasteiger partial charge in [0.05, 0.1) is 18.8 Å². The molecule has 1 aromatic heterocycles. The predicted octanol–water partition coefficient (Wildman–Crippen LogP) is -1.04. The van der Waals surface area contributed by atoms with E-state index in [1.165, 1.54) is 12.3 Å². The van der Waals surface area contributed by atoms with E-state index in [1.54, 1.807) is 0 Å². The van der Waals surface area contributed by atoms with Crippen LogP contribution in [0.4, 0.5) is 0 Å². The molecule has 0 spiro atoms. The summed E-state index contributed by atoms with van der Waals surface area (Å²) >= 11 is 0. The van der Waals surface area contributed by atoms with Crippen LogP contribution in [0.3, 0.4) is 0 Å². The molecule has 3 N–H and O–H groups in total. The molecule has 18 heavy (non-hydrogen) atoms. The summed E-state index contributed by atoms with van der Waals surface area (Å²) in [7, 11) is 0. The lowest BCUT2D eigenvalue weighted by molar-refractivity contribution is -0.120. The van der Waals surface area contributed by atoms with Gasteiger partial charge in [0.2, 0.25) is 0 Å². The summed E-state index contributed by atoms with van der Waals surface area (Å²) in [4.78, 5) is 24.7. The summed E-state index contributed by atoms with van der Waals surface area (Å²) in [5.74, 6) is 0. The van der Waals surface area contributed by atoms with Crippen molar-refractivity contribution in [1.29, 1.82) is 0 Å². The minimum atomic E-state index is -0.881. The molecular weight excluding hydrogens is 240 g/mol. The molecule has 0 saturated carbocycles. The molecule has 0 unspecified atom stereocenters. The summed E-state index contributed by atoms with van der Waals surface area (Å²) in [6, 6.07) is 1.19. The van der Waals surface area contributed by atoms with Crippen LogP contribution in [0.25, 0.3) is 0 Å². The number of aromatic amines is 1. The van der Waals surface area contributed by atoms with Crippen LogP contribution in [-0.4, -0.2) is 38.6 Å². The van der Waals surface area contributed by atoms with Crippen molar-refractivity contribution in [3.63, 3.8) is 0 Å². The van der Waals surface area contributed by atoms with E-state index in [1.807, 2.05) is 0 Å². The van der Waals surface area contributed by atoms with Crippen LogP contribution in [0.1, 0.15) is 25.5 Å². The van der Waals surface area contributed by atoms with Crippen LogP contribution in [0.5, 0.6) is 0 Å². The molecule has 1 fully saturated rings. The summed E-state index contributed by atoms with van der Waals surface area (Å²) < 4.78 is 6.66. The number of hydrogen-bond donors (Lipinski definition) is 3. The second-order valence-electron chi connectivity index (χ2n) is 4.35. The second-order valence-corrected chi connectivity index (χ2v) is 4.35. The summed E-state index contributed by atoms with van der Waals surface area (Å²) in [6.45, 7) is -0.165. The highest BCUT2D eigenvalue weighted by molar-refractivity contribution is 4.86. The Hall–Kier alpha value is -1.44. The highest BCUT2D eigenvalue weighted by atomic mass is 16.5. The Morgan fingerprint density at radius 2 is 2.22 bits per heavy atom. The largest absolute Gasteiger partial charge is 0.394 e. The SMILES string of the molecule is O=c1ccn([C@@H]2O[C@@H](CO)CCC[C@H]2O)c(=O)[nH]1. The van der Waals surface area contributed by atoms with Gasteiger partial charge in [0, 0.05) is 12.3 Å². The lowest BCUT2D eigenvalue weighted by Gasteiger charge is -2.25. The molecule has 0 aromatic carbocycles. The average Bonchev–Trinajstić information content (AvgIpc) is 2.51. The van der Waals surface area contributed by atoms with E-state index >= 15 is 0 Å². The van der Waals surface area contributed by atoms with Crippen LogP contribution in [0.2, 0.25) is 0 Å². The zero-order valence-electron chi connectivity index (χ0n) is 9.78. The Morgan fingerprint density at radius 1 is 1.44 bits per heavy atom. The van der Waals surface area contributed by atoms with Crippen molar-refractivity contribution in [2.45, 2.75) is 37.7 Å². The Balaban J connectivity index is 2.33. The Labute approximate surface area is 103 Å². The predicted molar refractivity (Wildman–Crippen MR) is 62.2 cm³/mol.